The van der Waals surface area contributed by atoms with Gasteiger partial charge in [-0.05, 0) is 50.1 Å². The van der Waals surface area contributed by atoms with E-state index in [1.54, 1.807) is 37.6 Å². The molecule has 0 amide bonds. The van der Waals surface area contributed by atoms with E-state index >= 15 is 4.39 Å². The molecule has 35 heavy (non-hydrogen) atoms. The molecular formula is C27H28FN3O4. The number of benzene rings is 2. The van der Waals surface area contributed by atoms with Crippen molar-refractivity contribution < 1.29 is 23.7 Å². The van der Waals surface area contributed by atoms with E-state index in [9.17, 15) is 5.11 Å². The maximum atomic E-state index is 15.1. The van der Waals surface area contributed by atoms with E-state index in [0.29, 0.717) is 46.7 Å². The Bertz CT molecular complexity index is 1410. The van der Waals surface area contributed by atoms with Crippen molar-refractivity contribution in [2.45, 2.75) is 25.9 Å². The predicted molar refractivity (Wildman–Crippen MR) is 131 cm³/mol. The van der Waals surface area contributed by atoms with Crippen molar-refractivity contribution >= 4 is 21.8 Å². The van der Waals surface area contributed by atoms with Crippen LogP contribution in [-0.2, 0) is 0 Å². The van der Waals surface area contributed by atoms with E-state index in [1.165, 1.54) is 0 Å². The number of halogens is 1. The molecule has 1 spiro atoms. The first-order valence-electron chi connectivity index (χ1n) is 11.9. The summed E-state index contributed by atoms with van der Waals surface area (Å²) in [5.41, 5.74) is 2.40. The van der Waals surface area contributed by atoms with Gasteiger partial charge in [0, 0.05) is 59.3 Å². The summed E-state index contributed by atoms with van der Waals surface area (Å²) in [4.78, 5) is 9.85. The number of pyridine rings is 1. The van der Waals surface area contributed by atoms with Gasteiger partial charge >= 0.3 is 0 Å². The van der Waals surface area contributed by atoms with Crippen LogP contribution in [0.25, 0.3) is 21.8 Å². The minimum atomic E-state index is -0.413. The number of H-pyrrole nitrogens is 1. The van der Waals surface area contributed by atoms with Crippen molar-refractivity contribution in [1.82, 2.24) is 14.9 Å². The fourth-order valence-electron chi connectivity index (χ4n) is 5.14. The van der Waals surface area contributed by atoms with Crippen molar-refractivity contribution in [3.63, 3.8) is 0 Å². The van der Waals surface area contributed by atoms with E-state index in [2.05, 4.69) is 14.9 Å². The number of methoxy groups -OCH3 is 1. The van der Waals surface area contributed by atoms with Gasteiger partial charge in [0.15, 0.2) is 23.1 Å². The number of aromatic nitrogens is 2. The molecule has 1 atom stereocenters. The molecule has 6 rings (SSSR count). The van der Waals surface area contributed by atoms with Crippen molar-refractivity contribution in [2.24, 2.45) is 5.41 Å². The molecule has 3 heterocycles. The quantitative estimate of drug-likeness (QED) is 0.398. The molecule has 4 aromatic rings. The summed E-state index contributed by atoms with van der Waals surface area (Å²) in [6.07, 6.45) is 3.63. The fraction of sp³-hybridized carbons (Fsp3) is 0.370. The highest BCUT2D eigenvalue weighted by atomic mass is 19.1. The Morgan fingerprint density at radius 2 is 1.97 bits per heavy atom. The van der Waals surface area contributed by atoms with Crippen LogP contribution in [0.2, 0.25) is 0 Å². The lowest BCUT2D eigenvalue weighted by Crippen LogP contribution is -2.27. The van der Waals surface area contributed by atoms with Gasteiger partial charge in [-0.2, -0.15) is 0 Å². The molecule has 182 valence electrons. The molecule has 0 unspecified atom stereocenters. The maximum absolute atomic E-state index is 15.1. The SMILES string of the molecule is COc1cc2c(Oc3ccc4[nH]c(C)cc4c3F)ccnc2cc1OCCN1C[C@@H](O)C2(CC2)C1. The second-order valence-corrected chi connectivity index (χ2v) is 9.68. The second kappa shape index (κ2) is 8.39. The summed E-state index contributed by atoms with van der Waals surface area (Å²) in [7, 11) is 1.58. The van der Waals surface area contributed by atoms with Gasteiger partial charge in [0.05, 0.1) is 18.7 Å². The number of nitrogens with zero attached hydrogens (tertiary/aromatic N) is 2. The highest BCUT2D eigenvalue weighted by molar-refractivity contribution is 5.89. The number of rotatable bonds is 7. The number of likely N-dealkylation sites (tertiary alicyclic amines) is 1. The average Bonchev–Trinajstić information content (AvgIpc) is 3.42. The number of hydrogen-bond donors (Lipinski definition) is 2. The monoisotopic (exact) mass is 477 g/mol. The summed E-state index contributed by atoms with van der Waals surface area (Å²) in [5.74, 6) is 1.34. The third-order valence-corrected chi connectivity index (χ3v) is 7.28. The fourth-order valence-corrected chi connectivity index (χ4v) is 5.14. The second-order valence-electron chi connectivity index (χ2n) is 9.68. The van der Waals surface area contributed by atoms with Crippen LogP contribution in [0.1, 0.15) is 18.5 Å². The summed E-state index contributed by atoms with van der Waals surface area (Å²) in [6, 6.07) is 10.5. The zero-order valence-corrected chi connectivity index (χ0v) is 19.8. The Morgan fingerprint density at radius 3 is 2.74 bits per heavy atom. The molecule has 0 radical (unpaired) electrons. The Balaban J connectivity index is 1.23. The topological polar surface area (TPSA) is 79.8 Å². The van der Waals surface area contributed by atoms with Crippen molar-refractivity contribution in [1.29, 1.82) is 0 Å². The van der Waals surface area contributed by atoms with Crippen LogP contribution in [0.15, 0.2) is 42.6 Å². The first kappa shape index (κ1) is 22.1. The number of nitrogens with one attached hydrogen (secondary N) is 1. The first-order valence-corrected chi connectivity index (χ1v) is 11.9. The van der Waals surface area contributed by atoms with Gasteiger partial charge in [-0.3, -0.25) is 9.88 Å². The van der Waals surface area contributed by atoms with Crippen molar-refractivity contribution in [2.75, 3.05) is 33.4 Å². The van der Waals surface area contributed by atoms with E-state index in [4.69, 9.17) is 14.2 Å². The number of β-amino-alcohol motifs (C(OH)–C–C–N with tert-alkyl or cyclic N) is 1. The van der Waals surface area contributed by atoms with Gasteiger partial charge < -0.3 is 24.3 Å². The number of ether oxygens (including phenoxy) is 3. The van der Waals surface area contributed by atoms with Gasteiger partial charge in [-0.25, -0.2) is 4.39 Å². The molecule has 2 fully saturated rings. The Morgan fingerprint density at radius 1 is 1.11 bits per heavy atom. The van der Waals surface area contributed by atoms with E-state index in [-0.39, 0.29) is 17.3 Å². The molecule has 2 aliphatic rings. The summed E-state index contributed by atoms with van der Waals surface area (Å²) in [5, 5.41) is 11.4. The molecule has 1 aliphatic heterocycles. The van der Waals surface area contributed by atoms with E-state index in [0.717, 1.165) is 37.1 Å². The lowest BCUT2D eigenvalue weighted by Gasteiger charge is -2.17. The normalized spacial score (nSPS) is 19.0. The first-order chi connectivity index (χ1) is 17.0. The molecule has 2 aromatic heterocycles. The van der Waals surface area contributed by atoms with Gasteiger partial charge in [-0.1, -0.05) is 0 Å². The van der Waals surface area contributed by atoms with Gasteiger partial charge in [0.2, 0.25) is 0 Å². The van der Waals surface area contributed by atoms with Crippen LogP contribution < -0.4 is 14.2 Å². The highest BCUT2D eigenvalue weighted by Gasteiger charge is 2.54. The lowest BCUT2D eigenvalue weighted by atomic mass is 10.0. The van der Waals surface area contributed by atoms with Crippen LogP contribution in [-0.4, -0.2) is 59.4 Å². The van der Waals surface area contributed by atoms with Crippen LogP contribution >= 0.6 is 0 Å². The number of fused-ring (bicyclic) bond motifs is 2. The minimum absolute atomic E-state index is 0.130. The standard InChI is InChI=1S/C27H28FN3O4/c1-16-11-18-19(30-16)3-4-22(26(18)28)35-21-5-8-29-20-13-24(23(33-2)12-17(20)21)34-10-9-31-14-25(32)27(15-31)6-7-27/h3-5,8,11-13,25,30,32H,6-7,9-10,14-15H2,1-2H3/t25-/m1/s1. The van der Waals surface area contributed by atoms with Gasteiger partial charge in [-0.15, -0.1) is 0 Å². The highest BCUT2D eigenvalue weighted by Crippen LogP contribution is 2.52. The van der Waals surface area contributed by atoms with Gasteiger partial charge in [0.1, 0.15) is 12.4 Å². The molecule has 1 aliphatic carbocycles. The maximum Gasteiger partial charge on any atom is 0.175 e. The molecular weight excluding hydrogens is 449 g/mol. The Hall–Kier alpha value is -3.36. The van der Waals surface area contributed by atoms with Crippen molar-refractivity contribution in [3.8, 4) is 23.0 Å². The molecule has 8 heteroatoms. The Labute approximate surface area is 202 Å². The zero-order chi connectivity index (χ0) is 24.2. The average molecular weight is 478 g/mol. The molecule has 2 N–H and O–H groups in total. The van der Waals surface area contributed by atoms with Crippen molar-refractivity contribution in [3.05, 3.63) is 54.1 Å². The molecule has 7 nitrogen and oxygen atoms in total. The van der Waals surface area contributed by atoms with Gasteiger partial charge in [0.25, 0.3) is 0 Å². The smallest absolute Gasteiger partial charge is 0.175 e. The number of aromatic amines is 1. The summed E-state index contributed by atoms with van der Waals surface area (Å²) >= 11 is 0. The third-order valence-electron chi connectivity index (χ3n) is 7.28. The van der Waals surface area contributed by atoms with E-state index in [1.807, 2.05) is 19.1 Å². The zero-order valence-electron chi connectivity index (χ0n) is 19.8. The predicted octanol–water partition coefficient (Wildman–Crippen LogP) is 4.80. The minimum Gasteiger partial charge on any atom is -0.493 e. The molecule has 2 aromatic carbocycles. The number of aryl methyl sites for hydroxylation is 1. The van der Waals surface area contributed by atoms with Crippen LogP contribution in [0.5, 0.6) is 23.0 Å². The summed E-state index contributed by atoms with van der Waals surface area (Å²) < 4.78 is 32.7. The molecule has 1 saturated carbocycles. The number of aliphatic hydroxyl groups is 1. The molecule has 1 saturated heterocycles. The largest absolute Gasteiger partial charge is 0.493 e. The number of aliphatic hydroxyl groups excluding tert-OH is 1. The summed E-state index contributed by atoms with van der Waals surface area (Å²) in [6.45, 7) is 4.73. The third kappa shape index (κ3) is 3.96. The Kier molecular flexibility index (Phi) is 5.30. The van der Waals surface area contributed by atoms with Crippen LogP contribution in [0, 0.1) is 18.2 Å². The van der Waals surface area contributed by atoms with Crippen LogP contribution in [0.3, 0.4) is 0 Å². The van der Waals surface area contributed by atoms with Crippen LogP contribution in [0.4, 0.5) is 4.39 Å². The number of hydrogen-bond acceptors (Lipinski definition) is 6. The molecule has 0 bridgehead atoms. The lowest BCUT2D eigenvalue weighted by molar-refractivity contribution is 0.130. The van der Waals surface area contributed by atoms with E-state index < -0.39 is 5.82 Å².